The highest BCUT2D eigenvalue weighted by atomic mass is 16.5. The number of hydroxylamine groups is 1. The van der Waals surface area contributed by atoms with Crippen LogP contribution in [0.25, 0.3) is 28.5 Å². The maximum Gasteiger partial charge on any atom is 0.267 e. The zero-order valence-corrected chi connectivity index (χ0v) is 15.7. The highest BCUT2D eigenvalue weighted by molar-refractivity contribution is 5.91. The summed E-state index contributed by atoms with van der Waals surface area (Å²) in [5, 5.41) is 8.64. The van der Waals surface area contributed by atoms with Crippen molar-refractivity contribution in [3.05, 3.63) is 54.4 Å². The number of amides is 1. The van der Waals surface area contributed by atoms with Crippen molar-refractivity contribution in [1.82, 2.24) is 24.9 Å². The normalized spacial score (nSPS) is 18.0. The maximum atomic E-state index is 11.3. The number of nitrogens with one attached hydrogen (secondary N) is 1. The van der Waals surface area contributed by atoms with Gasteiger partial charge in [0, 0.05) is 36.6 Å². The van der Waals surface area contributed by atoms with Gasteiger partial charge in [0.05, 0.1) is 11.0 Å². The predicted octanol–water partition coefficient (Wildman–Crippen LogP) is 2.88. The Balaban J connectivity index is 1.79. The molecule has 144 valence electrons. The molecule has 7 nitrogen and oxygen atoms in total. The molecule has 0 aliphatic carbocycles. The van der Waals surface area contributed by atoms with E-state index in [0.717, 1.165) is 53.9 Å². The molecule has 0 spiro atoms. The monoisotopic (exact) mass is 377 g/mol. The Bertz CT molecular complexity index is 1030. The molecular formula is C21H23N5O2. The summed E-state index contributed by atoms with van der Waals surface area (Å²) >= 11 is 0. The van der Waals surface area contributed by atoms with Gasteiger partial charge < -0.3 is 9.47 Å². The van der Waals surface area contributed by atoms with Gasteiger partial charge in [-0.15, -0.1) is 0 Å². The van der Waals surface area contributed by atoms with Crippen LogP contribution in [0.4, 0.5) is 0 Å². The van der Waals surface area contributed by atoms with Gasteiger partial charge in [0.1, 0.15) is 5.82 Å². The van der Waals surface area contributed by atoms with Gasteiger partial charge in [-0.3, -0.25) is 15.0 Å². The first-order chi connectivity index (χ1) is 13.7. The minimum atomic E-state index is -0.581. The van der Waals surface area contributed by atoms with E-state index in [1.807, 2.05) is 24.3 Å². The van der Waals surface area contributed by atoms with Gasteiger partial charge in [0.2, 0.25) is 0 Å². The number of rotatable bonds is 4. The van der Waals surface area contributed by atoms with Gasteiger partial charge in [-0.1, -0.05) is 12.1 Å². The Labute approximate surface area is 163 Å². The summed E-state index contributed by atoms with van der Waals surface area (Å²) < 4.78 is 2.33. The summed E-state index contributed by atoms with van der Waals surface area (Å²) in [6.07, 6.45) is 8.62. The van der Waals surface area contributed by atoms with Crippen molar-refractivity contribution in [1.29, 1.82) is 0 Å². The van der Waals surface area contributed by atoms with E-state index in [-0.39, 0.29) is 0 Å². The highest BCUT2D eigenvalue weighted by Crippen LogP contribution is 2.32. The first-order valence-corrected chi connectivity index (χ1v) is 9.39. The SMILES string of the molecule is CN1CCCC(n2c(-c3cncc(C=CC(=O)NO)c3)nc3ccccc32)C1. The first kappa shape index (κ1) is 18.3. The number of carbonyl (C=O) groups is 1. The topological polar surface area (TPSA) is 83.3 Å². The number of aromatic nitrogens is 3. The zero-order valence-electron chi connectivity index (χ0n) is 15.7. The van der Waals surface area contributed by atoms with Crippen molar-refractivity contribution in [2.24, 2.45) is 0 Å². The number of likely N-dealkylation sites (tertiary alicyclic amines) is 1. The molecule has 1 atom stereocenters. The van der Waals surface area contributed by atoms with Gasteiger partial charge in [-0.2, -0.15) is 0 Å². The fourth-order valence-electron chi connectivity index (χ4n) is 3.85. The quantitative estimate of drug-likeness (QED) is 0.415. The number of hydrogen-bond acceptors (Lipinski definition) is 5. The second-order valence-electron chi connectivity index (χ2n) is 7.17. The molecule has 0 bridgehead atoms. The number of imidazole rings is 1. The molecule has 4 rings (SSSR count). The molecule has 3 heterocycles. The van der Waals surface area contributed by atoms with E-state index < -0.39 is 5.91 Å². The van der Waals surface area contributed by atoms with Crippen molar-refractivity contribution < 1.29 is 10.0 Å². The van der Waals surface area contributed by atoms with Crippen LogP contribution in [-0.2, 0) is 4.79 Å². The second kappa shape index (κ2) is 7.92. The van der Waals surface area contributed by atoms with E-state index in [1.165, 1.54) is 6.08 Å². The molecule has 1 fully saturated rings. The van der Waals surface area contributed by atoms with Crippen LogP contribution >= 0.6 is 0 Å². The Morgan fingerprint density at radius 2 is 2.18 bits per heavy atom. The van der Waals surface area contributed by atoms with Gasteiger partial charge in [-0.25, -0.2) is 10.5 Å². The van der Waals surface area contributed by atoms with Crippen LogP contribution in [0.2, 0.25) is 0 Å². The minimum Gasteiger partial charge on any atom is -0.319 e. The van der Waals surface area contributed by atoms with Crippen LogP contribution in [0.5, 0.6) is 0 Å². The van der Waals surface area contributed by atoms with E-state index in [0.29, 0.717) is 6.04 Å². The molecule has 0 radical (unpaired) electrons. The van der Waals surface area contributed by atoms with Gasteiger partial charge in [0.25, 0.3) is 5.91 Å². The van der Waals surface area contributed by atoms with Crippen LogP contribution in [0.15, 0.2) is 48.8 Å². The number of hydrogen-bond donors (Lipinski definition) is 2. The molecule has 1 aliphatic rings. The zero-order chi connectivity index (χ0) is 19.5. The van der Waals surface area contributed by atoms with Crippen molar-refractivity contribution in [3.8, 4) is 11.4 Å². The third-order valence-corrected chi connectivity index (χ3v) is 5.12. The number of piperidine rings is 1. The Morgan fingerprint density at radius 3 is 3.00 bits per heavy atom. The molecule has 1 amide bonds. The smallest absolute Gasteiger partial charge is 0.267 e. The molecule has 7 heteroatoms. The Hall–Kier alpha value is -3.03. The third-order valence-electron chi connectivity index (χ3n) is 5.12. The molecule has 1 aliphatic heterocycles. The van der Waals surface area contributed by atoms with E-state index in [1.54, 1.807) is 23.9 Å². The van der Waals surface area contributed by atoms with Crippen LogP contribution in [0.3, 0.4) is 0 Å². The lowest BCUT2D eigenvalue weighted by molar-refractivity contribution is -0.124. The highest BCUT2D eigenvalue weighted by Gasteiger charge is 2.24. The number of nitrogens with zero attached hydrogens (tertiary/aromatic N) is 4. The lowest BCUT2D eigenvalue weighted by atomic mass is 10.0. The third kappa shape index (κ3) is 3.67. The van der Waals surface area contributed by atoms with E-state index >= 15 is 0 Å². The van der Waals surface area contributed by atoms with E-state index in [9.17, 15) is 4.79 Å². The van der Waals surface area contributed by atoms with Gasteiger partial charge >= 0.3 is 0 Å². The van der Waals surface area contributed by atoms with Crippen LogP contribution < -0.4 is 5.48 Å². The number of fused-ring (bicyclic) bond motifs is 1. The van der Waals surface area contributed by atoms with E-state index in [2.05, 4.69) is 27.6 Å². The summed E-state index contributed by atoms with van der Waals surface area (Å²) in [4.78, 5) is 22.8. The van der Waals surface area contributed by atoms with Crippen LogP contribution in [-0.4, -0.2) is 50.7 Å². The molecule has 2 aromatic heterocycles. The first-order valence-electron chi connectivity index (χ1n) is 9.39. The minimum absolute atomic E-state index is 0.348. The summed E-state index contributed by atoms with van der Waals surface area (Å²) in [7, 11) is 2.16. The van der Waals surface area contributed by atoms with Crippen LogP contribution in [0, 0.1) is 0 Å². The van der Waals surface area contributed by atoms with Gasteiger partial charge in [-0.05, 0) is 56.3 Å². The molecular weight excluding hydrogens is 354 g/mol. The summed E-state index contributed by atoms with van der Waals surface area (Å²) in [6, 6.07) is 10.5. The van der Waals surface area contributed by atoms with Crippen molar-refractivity contribution in [2.45, 2.75) is 18.9 Å². The molecule has 0 saturated carbocycles. The number of likely N-dealkylation sites (N-methyl/N-ethyl adjacent to an activating group) is 1. The van der Waals surface area contributed by atoms with Crippen molar-refractivity contribution in [3.63, 3.8) is 0 Å². The molecule has 1 unspecified atom stereocenters. The van der Waals surface area contributed by atoms with Crippen molar-refractivity contribution >= 4 is 23.0 Å². The largest absolute Gasteiger partial charge is 0.319 e. The van der Waals surface area contributed by atoms with Gasteiger partial charge in [0.15, 0.2) is 0 Å². The summed E-state index contributed by atoms with van der Waals surface area (Å²) in [5.41, 5.74) is 5.34. The fourth-order valence-corrected chi connectivity index (χ4v) is 3.85. The lowest BCUT2D eigenvalue weighted by Gasteiger charge is -2.32. The molecule has 3 aromatic rings. The standard InChI is InChI=1S/C21H23N5O2/c1-25-10-4-5-17(14-25)26-19-7-3-2-6-18(19)23-21(26)16-11-15(12-22-13-16)8-9-20(27)24-28/h2-3,6-9,11-13,17,28H,4-5,10,14H2,1H3,(H,24,27). The Morgan fingerprint density at radius 1 is 1.32 bits per heavy atom. The predicted molar refractivity (Wildman–Crippen MR) is 108 cm³/mol. The molecule has 1 saturated heterocycles. The second-order valence-corrected chi connectivity index (χ2v) is 7.17. The molecule has 28 heavy (non-hydrogen) atoms. The van der Waals surface area contributed by atoms with Crippen LogP contribution in [0.1, 0.15) is 24.4 Å². The number of carbonyl (C=O) groups excluding carboxylic acids is 1. The van der Waals surface area contributed by atoms with Crippen molar-refractivity contribution in [2.75, 3.05) is 20.1 Å². The molecule has 2 N–H and O–H groups in total. The summed E-state index contributed by atoms with van der Waals surface area (Å²) in [6.45, 7) is 2.10. The number of benzene rings is 1. The summed E-state index contributed by atoms with van der Waals surface area (Å²) in [5.74, 6) is 0.304. The fraction of sp³-hybridized carbons (Fsp3) is 0.286. The number of para-hydroxylation sites is 2. The maximum absolute atomic E-state index is 11.3. The molecule has 1 aromatic carbocycles. The Kier molecular flexibility index (Phi) is 5.18. The average molecular weight is 377 g/mol. The van der Waals surface area contributed by atoms with E-state index in [4.69, 9.17) is 10.2 Å². The lowest BCUT2D eigenvalue weighted by Crippen LogP contribution is -2.33. The number of pyridine rings is 1. The average Bonchev–Trinajstić information content (AvgIpc) is 3.12.